The Morgan fingerprint density at radius 2 is 1.81 bits per heavy atom. The molecule has 1 N–H and O–H groups in total. The third-order valence-electron chi connectivity index (χ3n) is 4.15. The van der Waals surface area contributed by atoms with E-state index in [2.05, 4.69) is 21.2 Å². The standard InChI is InChI=1S/C19H22BrFN2O3S/c1-4-14-11-15(20)10-13(3)19(14)22-18(24)12-23(5-2)27(25,26)17-8-6-16(21)7-9-17/h6-11H,4-5,12H2,1-3H3,(H,22,24). The van der Waals surface area contributed by atoms with Crippen molar-refractivity contribution in [2.45, 2.75) is 32.1 Å². The highest BCUT2D eigenvalue weighted by Gasteiger charge is 2.25. The molecular weight excluding hydrogens is 435 g/mol. The predicted octanol–water partition coefficient (Wildman–Crippen LogP) is 4.11. The first kappa shape index (κ1) is 21.5. The van der Waals surface area contributed by atoms with Gasteiger partial charge in [-0.1, -0.05) is 29.8 Å². The van der Waals surface area contributed by atoms with Crippen LogP contribution in [0.3, 0.4) is 0 Å². The molecule has 0 aromatic heterocycles. The molecule has 146 valence electrons. The largest absolute Gasteiger partial charge is 0.324 e. The monoisotopic (exact) mass is 456 g/mol. The zero-order valence-electron chi connectivity index (χ0n) is 15.4. The highest BCUT2D eigenvalue weighted by atomic mass is 79.9. The summed E-state index contributed by atoms with van der Waals surface area (Å²) in [7, 11) is -3.89. The number of sulfonamides is 1. The van der Waals surface area contributed by atoms with E-state index >= 15 is 0 Å². The van der Waals surface area contributed by atoms with E-state index in [1.54, 1.807) is 6.92 Å². The Morgan fingerprint density at radius 3 is 2.37 bits per heavy atom. The SMILES string of the molecule is CCc1cc(Br)cc(C)c1NC(=O)CN(CC)S(=O)(=O)c1ccc(F)cc1. The van der Waals surface area contributed by atoms with E-state index in [1.165, 1.54) is 12.1 Å². The number of hydrogen-bond donors (Lipinski definition) is 1. The highest BCUT2D eigenvalue weighted by Crippen LogP contribution is 2.26. The van der Waals surface area contributed by atoms with Crippen molar-refractivity contribution in [2.24, 2.45) is 0 Å². The minimum Gasteiger partial charge on any atom is -0.324 e. The van der Waals surface area contributed by atoms with Crippen LogP contribution in [0.25, 0.3) is 0 Å². The van der Waals surface area contributed by atoms with Crippen molar-refractivity contribution in [3.63, 3.8) is 0 Å². The zero-order valence-corrected chi connectivity index (χ0v) is 17.8. The van der Waals surface area contributed by atoms with Gasteiger partial charge in [0, 0.05) is 16.7 Å². The Hall–Kier alpha value is -1.77. The van der Waals surface area contributed by atoms with Gasteiger partial charge in [0.1, 0.15) is 5.82 Å². The molecule has 0 saturated carbocycles. The molecule has 5 nitrogen and oxygen atoms in total. The number of hydrogen-bond acceptors (Lipinski definition) is 3. The maximum atomic E-state index is 13.1. The number of benzene rings is 2. The van der Waals surface area contributed by atoms with E-state index in [-0.39, 0.29) is 18.0 Å². The molecule has 27 heavy (non-hydrogen) atoms. The second-order valence-corrected chi connectivity index (χ2v) is 8.90. The molecule has 2 aromatic rings. The Kier molecular flexibility index (Phi) is 7.13. The molecule has 0 aliphatic rings. The van der Waals surface area contributed by atoms with Crippen molar-refractivity contribution in [3.8, 4) is 0 Å². The van der Waals surface area contributed by atoms with Crippen molar-refractivity contribution < 1.29 is 17.6 Å². The van der Waals surface area contributed by atoms with Gasteiger partial charge in [0.2, 0.25) is 15.9 Å². The van der Waals surface area contributed by atoms with E-state index in [0.29, 0.717) is 5.69 Å². The molecule has 0 unspecified atom stereocenters. The van der Waals surface area contributed by atoms with Gasteiger partial charge in [0.25, 0.3) is 0 Å². The summed E-state index contributed by atoms with van der Waals surface area (Å²) in [6.07, 6.45) is 0.723. The summed E-state index contributed by atoms with van der Waals surface area (Å²) in [5.41, 5.74) is 2.54. The summed E-state index contributed by atoms with van der Waals surface area (Å²) in [6, 6.07) is 8.37. The number of nitrogens with one attached hydrogen (secondary N) is 1. The molecule has 0 radical (unpaired) electrons. The summed E-state index contributed by atoms with van der Waals surface area (Å²) >= 11 is 3.44. The topological polar surface area (TPSA) is 66.5 Å². The van der Waals surface area contributed by atoms with E-state index in [9.17, 15) is 17.6 Å². The Bertz CT molecular complexity index is 931. The van der Waals surface area contributed by atoms with E-state index in [1.807, 2.05) is 26.0 Å². The number of likely N-dealkylation sites (N-methyl/N-ethyl adjacent to an activating group) is 1. The van der Waals surface area contributed by atoms with Crippen molar-refractivity contribution >= 4 is 37.5 Å². The molecule has 1 amide bonds. The molecular formula is C19H22BrFN2O3S. The quantitative estimate of drug-likeness (QED) is 0.681. The third-order valence-corrected chi connectivity index (χ3v) is 6.54. The van der Waals surface area contributed by atoms with Crippen molar-refractivity contribution in [2.75, 3.05) is 18.4 Å². The average molecular weight is 457 g/mol. The molecule has 0 bridgehead atoms. The van der Waals surface area contributed by atoms with Crippen LogP contribution in [0.2, 0.25) is 0 Å². The van der Waals surface area contributed by atoms with E-state index < -0.39 is 21.7 Å². The Labute approximate surface area is 167 Å². The second kappa shape index (κ2) is 8.95. The Morgan fingerprint density at radius 1 is 1.19 bits per heavy atom. The molecule has 8 heteroatoms. The fraction of sp³-hybridized carbons (Fsp3) is 0.316. The summed E-state index contributed by atoms with van der Waals surface area (Å²) in [4.78, 5) is 12.5. The van der Waals surface area contributed by atoms with Crippen LogP contribution in [0, 0.1) is 12.7 Å². The maximum absolute atomic E-state index is 13.1. The maximum Gasteiger partial charge on any atom is 0.243 e. The molecule has 0 fully saturated rings. The molecule has 0 saturated heterocycles. The number of amides is 1. The second-order valence-electron chi connectivity index (χ2n) is 6.04. The molecule has 0 heterocycles. The van der Waals surface area contributed by atoms with Crippen LogP contribution in [-0.2, 0) is 21.2 Å². The fourth-order valence-corrected chi connectivity index (χ4v) is 4.76. The number of carbonyl (C=O) groups excluding carboxylic acids is 1. The van der Waals surface area contributed by atoms with Crippen LogP contribution >= 0.6 is 15.9 Å². The molecule has 0 atom stereocenters. The van der Waals surface area contributed by atoms with Crippen molar-refractivity contribution in [3.05, 3.63) is 57.8 Å². The van der Waals surface area contributed by atoms with E-state index in [4.69, 9.17) is 0 Å². The highest BCUT2D eigenvalue weighted by molar-refractivity contribution is 9.10. The molecule has 0 aliphatic heterocycles. The van der Waals surface area contributed by atoms with Gasteiger partial charge in [-0.25, -0.2) is 12.8 Å². The summed E-state index contributed by atoms with van der Waals surface area (Å²) in [5.74, 6) is -0.949. The van der Waals surface area contributed by atoms with Crippen LogP contribution in [0.1, 0.15) is 25.0 Å². The number of carbonyl (C=O) groups is 1. The van der Waals surface area contributed by atoms with Gasteiger partial charge in [-0.2, -0.15) is 4.31 Å². The molecule has 2 aromatic carbocycles. The van der Waals surface area contributed by atoms with Crippen molar-refractivity contribution in [1.29, 1.82) is 0 Å². The molecule has 2 rings (SSSR count). The average Bonchev–Trinajstić information content (AvgIpc) is 2.61. The lowest BCUT2D eigenvalue weighted by Crippen LogP contribution is -2.38. The lowest BCUT2D eigenvalue weighted by molar-refractivity contribution is -0.116. The number of nitrogens with zero attached hydrogens (tertiary/aromatic N) is 1. The van der Waals surface area contributed by atoms with Crippen LogP contribution < -0.4 is 5.32 Å². The summed E-state index contributed by atoms with van der Waals surface area (Å²) < 4.78 is 40.5. The third kappa shape index (κ3) is 5.15. The zero-order chi connectivity index (χ0) is 20.2. The minimum atomic E-state index is -3.89. The lowest BCUT2D eigenvalue weighted by atomic mass is 10.1. The van der Waals surface area contributed by atoms with Crippen molar-refractivity contribution in [1.82, 2.24) is 4.31 Å². The van der Waals surface area contributed by atoms with Gasteiger partial charge in [-0.15, -0.1) is 0 Å². The first-order chi connectivity index (χ1) is 12.7. The fourth-order valence-electron chi connectivity index (χ4n) is 2.73. The summed E-state index contributed by atoms with van der Waals surface area (Å²) in [5, 5.41) is 2.83. The van der Waals surface area contributed by atoms with Crippen LogP contribution in [0.5, 0.6) is 0 Å². The molecule has 0 aliphatic carbocycles. The van der Waals surface area contributed by atoms with Crippen LogP contribution in [-0.4, -0.2) is 31.7 Å². The lowest BCUT2D eigenvalue weighted by Gasteiger charge is -2.21. The van der Waals surface area contributed by atoms with Gasteiger partial charge in [-0.05, 0) is 60.9 Å². The number of anilines is 1. The first-order valence-corrected chi connectivity index (χ1v) is 10.8. The van der Waals surface area contributed by atoms with Gasteiger partial charge < -0.3 is 5.32 Å². The Balaban J connectivity index is 2.22. The van der Waals surface area contributed by atoms with Gasteiger partial charge in [-0.3, -0.25) is 4.79 Å². The first-order valence-electron chi connectivity index (χ1n) is 8.53. The minimum absolute atomic E-state index is 0.0485. The smallest absolute Gasteiger partial charge is 0.243 e. The van der Waals surface area contributed by atoms with E-state index in [0.717, 1.165) is 38.5 Å². The summed E-state index contributed by atoms with van der Waals surface area (Å²) in [6.45, 7) is 5.30. The normalized spacial score (nSPS) is 11.6. The van der Waals surface area contributed by atoms with Gasteiger partial charge in [0.15, 0.2) is 0 Å². The van der Waals surface area contributed by atoms with Crippen LogP contribution in [0.15, 0.2) is 45.8 Å². The molecule has 0 spiro atoms. The van der Waals surface area contributed by atoms with Crippen LogP contribution in [0.4, 0.5) is 10.1 Å². The van der Waals surface area contributed by atoms with Gasteiger partial charge in [0.05, 0.1) is 11.4 Å². The number of aryl methyl sites for hydroxylation is 2. The van der Waals surface area contributed by atoms with Gasteiger partial charge >= 0.3 is 0 Å². The number of rotatable bonds is 7. The predicted molar refractivity (Wildman–Crippen MR) is 108 cm³/mol. The number of halogens is 2.